The first-order valence-electron chi connectivity index (χ1n) is 4.65. The Balaban J connectivity index is 2.80. The van der Waals surface area contributed by atoms with Gasteiger partial charge in [0.25, 0.3) is 0 Å². The molecule has 76 valence electrons. The zero-order valence-electron chi connectivity index (χ0n) is 8.16. The minimum absolute atomic E-state index is 0.268. The van der Waals surface area contributed by atoms with Gasteiger partial charge in [0, 0.05) is 0 Å². The number of halogens is 1. The van der Waals surface area contributed by atoms with Gasteiger partial charge in [0.1, 0.15) is 0 Å². The van der Waals surface area contributed by atoms with E-state index in [0.29, 0.717) is 6.42 Å². The number of nitrogens with two attached hydrogens (primary N) is 1. The highest BCUT2D eigenvalue weighted by Gasteiger charge is 2.12. The maximum atomic E-state index is 10.9. The number of alkyl halides is 1. The molecule has 1 aromatic rings. The van der Waals surface area contributed by atoms with E-state index in [9.17, 15) is 4.79 Å². The van der Waals surface area contributed by atoms with Crippen LogP contribution in [0.1, 0.15) is 18.1 Å². The molecule has 0 spiro atoms. The number of aryl methyl sites for hydroxylation is 1. The van der Waals surface area contributed by atoms with Gasteiger partial charge in [0.2, 0.25) is 5.91 Å². The maximum Gasteiger partial charge on any atom is 0.231 e. The van der Waals surface area contributed by atoms with Gasteiger partial charge in [-0.15, -0.1) is 0 Å². The van der Waals surface area contributed by atoms with Gasteiger partial charge in [-0.1, -0.05) is 47.1 Å². The standard InChI is InChI=1S/C11H14BrNO/c1-2-8-5-3-4-6-9(8)7-10(12)11(13)14/h3-6,10H,2,7H2,1H3,(H2,13,14). The topological polar surface area (TPSA) is 43.1 Å². The van der Waals surface area contributed by atoms with Crippen molar-refractivity contribution in [3.8, 4) is 0 Å². The van der Waals surface area contributed by atoms with E-state index in [-0.39, 0.29) is 10.7 Å². The molecule has 0 saturated carbocycles. The summed E-state index contributed by atoms with van der Waals surface area (Å²) in [6.07, 6.45) is 1.65. The first kappa shape index (κ1) is 11.2. The Labute approximate surface area is 92.6 Å². The molecule has 1 rings (SSSR count). The predicted molar refractivity (Wildman–Crippen MR) is 61.4 cm³/mol. The molecule has 0 aliphatic rings. The van der Waals surface area contributed by atoms with Crippen LogP contribution in [0.25, 0.3) is 0 Å². The molecule has 0 heterocycles. The summed E-state index contributed by atoms with van der Waals surface area (Å²) in [5.74, 6) is -0.309. The Hall–Kier alpha value is -0.830. The smallest absolute Gasteiger partial charge is 0.231 e. The Kier molecular flexibility index (Phi) is 4.14. The molecule has 0 radical (unpaired) electrons. The van der Waals surface area contributed by atoms with E-state index in [1.165, 1.54) is 11.1 Å². The molecule has 2 nitrogen and oxygen atoms in total. The molecule has 0 fully saturated rings. The van der Waals surface area contributed by atoms with Gasteiger partial charge < -0.3 is 5.73 Å². The minimum Gasteiger partial charge on any atom is -0.369 e. The van der Waals surface area contributed by atoms with Crippen molar-refractivity contribution < 1.29 is 4.79 Å². The zero-order valence-corrected chi connectivity index (χ0v) is 9.75. The first-order valence-corrected chi connectivity index (χ1v) is 5.57. The summed E-state index contributed by atoms with van der Waals surface area (Å²) in [6.45, 7) is 2.10. The summed E-state index contributed by atoms with van der Waals surface area (Å²) in [5.41, 5.74) is 7.66. The van der Waals surface area contributed by atoms with Crippen LogP contribution >= 0.6 is 15.9 Å². The van der Waals surface area contributed by atoms with E-state index in [4.69, 9.17) is 5.73 Å². The van der Waals surface area contributed by atoms with Gasteiger partial charge in [-0.05, 0) is 24.0 Å². The molecule has 3 heteroatoms. The number of rotatable bonds is 4. The summed E-state index contributed by atoms with van der Waals surface area (Å²) < 4.78 is 0. The van der Waals surface area contributed by atoms with Crippen LogP contribution in [0.5, 0.6) is 0 Å². The van der Waals surface area contributed by atoms with E-state index in [1.54, 1.807) is 0 Å². The average Bonchev–Trinajstić information content (AvgIpc) is 2.18. The lowest BCUT2D eigenvalue weighted by Crippen LogP contribution is -2.25. The van der Waals surface area contributed by atoms with Crippen molar-refractivity contribution in [3.63, 3.8) is 0 Å². The van der Waals surface area contributed by atoms with Crippen LogP contribution < -0.4 is 5.73 Å². The number of hydrogen-bond donors (Lipinski definition) is 1. The molecular weight excluding hydrogens is 242 g/mol. The summed E-state index contributed by atoms with van der Waals surface area (Å²) in [4.78, 5) is 10.6. The van der Waals surface area contributed by atoms with E-state index < -0.39 is 0 Å². The van der Waals surface area contributed by atoms with Crippen LogP contribution in [0.3, 0.4) is 0 Å². The van der Waals surface area contributed by atoms with Crippen LogP contribution in [-0.2, 0) is 17.6 Å². The molecule has 1 amide bonds. The predicted octanol–water partition coefficient (Wildman–Crippen LogP) is 2.04. The van der Waals surface area contributed by atoms with Gasteiger partial charge in [-0.25, -0.2) is 0 Å². The molecular formula is C11H14BrNO. The third-order valence-electron chi connectivity index (χ3n) is 2.21. The lowest BCUT2D eigenvalue weighted by Gasteiger charge is -2.09. The highest BCUT2D eigenvalue weighted by molar-refractivity contribution is 9.10. The Morgan fingerprint density at radius 2 is 2.00 bits per heavy atom. The molecule has 2 N–H and O–H groups in total. The number of primary amides is 1. The van der Waals surface area contributed by atoms with Crippen LogP contribution in [0.4, 0.5) is 0 Å². The lowest BCUT2D eigenvalue weighted by molar-refractivity contribution is -0.117. The van der Waals surface area contributed by atoms with Crippen LogP contribution in [0, 0.1) is 0 Å². The Morgan fingerprint density at radius 3 is 2.50 bits per heavy atom. The second-order valence-electron chi connectivity index (χ2n) is 3.20. The molecule has 0 saturated heterocycles. The molecule has 0 bridgehead atoms. The third kappa shape index (κ3) is 2.84. The second-order valence-corrected chi connectivity index (χ2v) is 4.30. The molecule has 1 atom stereocenters. The fraction of sp³-hybridized carbons (Fsp3) is 0.364. The maximum absolute atomic E-state index is 10.9. The summed E-state index contributed by atoms with van der Waals surface area (Å²) in [6, 6.07) is 8.11. The molecule has 0 aromatic heterocycles. The van der Waals surface area contributed by atoms with Gasteiger partial charge in [0.15, 0.2) is 0 Å². The molecule has 0 aliphatic heterocycles. The summed E-state index contributed by atoms with van der Waals surface area (Å²) in [7, 11) is 0. The first-order chi connectivity index (χ1) is 6.65. The van der Waals surface area contributed by atoms with E-state index >= 15 is 0 Å². The molecule has 0 aliphatic carbocycles. The fourth-order valence-electron chi connectivity index (χ4n) is 1.40. The van der Waals surface area contributed by atoms with Crippen molar-refractivity contribution in [2.75, 3.05) is 0 Å². The van der Waals surface area contributed by atoms with Crippen molar-refractivity contribution in [1.82, 2.24) is 0 Å². The number of benzene rings is 1. The van der Waals surface area contributed by atoms with Crippen molar-refractivity contribution in [2.24, 2.45) is 5.73 Å². The summed E-state index contributed by atoms with van der Waals surface area (Å²) in [5, 5.41) is 0. The fourth-order valence-corrected chi connectivity index (χ4v) is 1.74. The van der Waals surface area contributed by atoms with Gasteiger partial charge in [-0.3, -0.25) is 4.79 Å². The third-order valence-corrected chi connectivity index (χ3v) is 2.98. The van der Waals surface area contributed by atoms with E-state index in [1.807, 2.05) is 18.2 Å². The lowest BCUT2D eigenvalue weighted by atomic mass is 10.0. The van der Waals surface area contributed by atoms with Crippen LogP contribution in [-0.4, -0.2) is 10.7 Å². The number of carbonyl (C=O) groups is 1. The Morgan fingerprint density at radius 1 is 1.43 bits per heavy atom. The number of carbonyl (C=O) groups excluding carboxylic acids is 1. The van der Waals surface area contributed by atoms with Crippen molar-refractivity contribution in [2.45, 2.75) is 24.6 Å². The van der Waals surface area contributed by atoms with Gasteiger partial charge in [-0.2, -0.15) is 0 Å². The molecule has 14 heavy (non-hydrogen) atoms. The highest BCUT2D eigenvalue weighted by atomic mass is 79.9. The molecule has 1 aromatic carbocycles. The van der Waals surface area contributed by atoms with Crippen molar-refractivity contribution in [3.05, 3.63) is 35.4 Å². The minimum atomic E-state index is -0.309. The Bertz CT molecular complexity index is 325. The largest absolute Gasteiger partial charge is 0.369 e. The number of hydrogen-bond acceptors (Lipinski definition) is 1. The SMILES string of the molecule is CCc1ccccc1CC(Br)C(N)=O. The number of amides is 1. The van der Waals surface area contributed by atoms with Crippen molar-refractivity contribution >= 4 is 21.8 Å². The quantitative estimate of drug-likeness (QED) is 0.823. The molecule has 1 unspecified atom stereocenters. The van der Waals surface area contributed by atoms with Gasteiger partial charge >= 0.3 is 0 Å². The highest BCUT2D eigenvalue weighted by Crippen LogP contribution is 2.15. The van der Waals surface area contributed by atoms with Crippen LogP contribution in [0.2, 0.25) is 0 Å². The van der Waals surface area contributed by atoms with Crippen LogP contribution in [0.15, 0.2) is 24.3 Å². The van der Waals surface area contributed by atoms with Crippen molar-refractivity contribution in [1.29, 1.82) is 0 Å². The van der Waals surface area contributed by atoms with E-state index in [2.05, 4.69) is 28.9 Å². The average molecular weight is 256 g/mol. The normalized spacial score (nSPS) is 12.4. The monoisotopic (exact) mass is 255 g/mol. The van der Waals surface area contributed by atoms with E-state index in [0.717, 1.165) is 6.42 Å². The zero-order chi connectivity index (χ0) is 10.6. The van der Waals surface area contributed by atoms with Gasteiger partial charge in [0.05, 0.1) is 4.83 Å². The second kappa shape index (κ2) is 5.15. The summed E-state index contributed by atoms with van der Waals surface area (Å²) >= 11 is 3.27.